The highest BCUT2D eigenvalue weighted by Gasteiger charge is 2.51. The first-order valence-electron chi connectivity index (χ1n) is 7.33. The van der Waals surface area contributed by atoms with Crippen LogP contribution in [0.25, 0.3) is 0 Å². The number of likely N-dealkylation sites (N-methyl/N-ethyl adjacent to an activating group) is 1. The highest BCUT2D eigenvalue weighted by atomic mass is 19.4. The summed E-state index contributed by atoms with van der Waals surface area (Å²) in [5, 5.41) is 2.46. The van der Waals surface area contributed by atoms with Crippen LogP contribution in [0.3, 0.4) is 0 Å². The summed E-state index contributed by atoms with van der Waals surface area (Å²) in [6.45, 7) is 0.0517. The Morgan fingerprint density at radius 2 is 2.17 bits per heavy atom. The van der Waals surface area contributed by atoms with Crippen LogP contribution in [-0.2, 0) is 15.7 Å². The number of hydrogen-bond acceptors (Lipinski definition) is 4. The number of ether oxygens (including phenoxy) is 1. The van der Waals surface area contributed by atoms with Gasteiger partial charge in [0.25, 0.3) is 5.91 Å². The number of methoxy groups -OCH3 is 1. The highest BCUT2D eigenvalue weighted by molar-refractivity contribution is 5.99. The van der Waals surface area contributed by atoms with Gasteiger partial charge in [-0.05, 0) is 25.0 Å². The average molecular weight is 345 g/mol. The third-order valence-electron chi connectivity index (χ3n) is 4.08. The van der Waals surface area contributed by atoms with Crippen LogP contribution in [0, 0.1) is 0 Å². The van der Waals surface area contributed by atoms with Crippen molar-refractivity contribution < 1.29 is 27.5 Å². The average Bonchev–Trinajstić information content (AvgIpc) is 2.97. The molecule has 0 radical (unpaired) electrons. The van der Waals surface area contributed by atoms with E-state index in [9.17, 15) is 22.8 Å². The zero-order valence-electron chi connectivity index (χ0n) is 13.3. The lowest BCUT2D eigenvalue weighted by Gasteiger charge is -2.36. The minimum Gasteiger partial charge on any atom is -0.382 e. The first-order valence-corrected chi connectivity index (χ1v) is 7.33. The molecule has 0 spiro atoms. The standard InChI is InChI=1S/C15H18F3N3O3/c1-19-13(23)14(9-24-2)6-4-8-21(14)12(22)11-10(15(16,17)18)5-3-7-20-11/h3,5,7H,4,6,8-9H2,1-2H3,(H,19,23). The van der Waals surface area contributed by atoms with Crippen molar-refractivity contribution in [1.29, 1.82) is 0 Å². The molecule has 1 unspecified atom stereocenters. The number of halogens is 3. The van der Waals surface area contributed by atoms with Gasteiger partial charge in [0, 0.05) is 26.9 Å². The molecule has 1 N–H and O–H groups in total. The quantitative estimate of drug-likeness (QED) is 0.897. The Morgan fingerprint density at radius 3 is 2.75 bits per heavy atom. The summed E-state index contributed by atoms with van der Waals surface area (Å²) in [7, 11) is 2.77. The Labute approximate surface area is 137 Å². The second-order valence-corrected chi connectivity index (χ2v) is 5.50. The van der Waals surface area contributed by atoms with Crippen LogP contribution in [0.1, 0.15) is 28.9 Å². The number of nitrogens with one attached hydrogen (secondary N) is 1. The van der Waals surface area contributed by atoms with E-state index in [2.05, 4.69) is 10.3 Å². The third-order valence-corrected chi connectivity index (χ3v) is 4.08. The molecule has 0 aliphatic carbocycles. The van der Waals surface area contributed by atoms with Crippen LogP contribution < -0.4 is 5.32 Å². The molecule has 6 nitrogen and oxygen atoms in total. The van der Waals surface area contributed by atoms with Gasteiger partial charge < -0.3 is 15.0 Å². The zero-order valence-corrected chi connectivity index (χ0v) is 13.3. The van der Waals surface area contributed by atoms with Crippen LogP contribution in [0.4, 0.5) is 13.2 Å². The van der Waals surface area contributed by atoms with E-state index in [-0.39, 0.29) is 13.2 Å². The Kier molecular flexibility index (Phi) is 5.12. The molecule has 0 aromatic carbocycles. The molecule has 1 fully saturated rings. The fraction of sp³-hybridized carbons (Fsp3) is 0.533. The summed E-state index contributed by atoms with van der Waals surface area (Å²) in [5.41, 5.74) is -3.16. The van der Waals surface area contributed by atoms with Crippen molar-refractivity contribution >= 4 is 11.8 Å². The molecule has 1 aromatic heterocycles. The Balaban J connectivity index is 2.47. The normalized spacial score (nSPS) is 21.0. The maximum atomic E-state index is 13.1. The van der Waals surface area contributed by atoms with E-state index < -0.39 is 34.8 Å². The molecule has 24 heavy (non-hydrogen) atoms. The van der Waals surface area contributed by atoms with Gasteiger partial charge in [-0.25, -0.2) is 0 Å². The van der Waals surface area contributed by atoms with Crippen molar-refractivity contribution in [2.24, 2.45) is 0 Å². The highest BCUT2D eigenvalue weighted by Crippen LogP contribution is 2.35. The summed E-state index contributed by atoms with van der Waals surface area (Å²) in [5.74, 6) is -1.40. The van der Waals surface area contributed by atoms with E-state index in [0.717, 1.165) is 23.2 Å². The van der Waals surface area contributed by atoms with Gasteiger partial charge in [-0.1, -0.05) is 0 Å². The van der Waals surface area contributed by atoms with Gasteiger partial charge in [-0.15, -0.1) is 0 Å². The molecule has 0 bridgehead atoms. The lowest BCUT2D eigenvalue weighted by molar-refractivity contribution is -0.138. The molecular formula is C15H18F3N3O3. The van der Waals surface area contributed by atoms with Crippen molar-refractivity contribution in [3.63, 3.8) is 0 Å². The van der Waals surface area contributed by atoms with Crippen LogP contribution in [0.5, 0.6) is 0 Å². The summed E-state index contributed by atoms with van der Waals surface area (Å²) in [6.07, 6.45) is -2.80. The second-order valence-electron chi connectivity index (χ2n) is 5.50. The number of carbonyl (C=O) groups is 2. The molecule has 2 amide bonds. The first kappa shape index (κ1) is 18.2. The number of alkyl halides is 3. The number of nitrogens with zero attached hydrogens (tertiary/aromatic N) is 2. The van der Waals surface area contributed by atoms with E-state index in [1.165, 1.54) is 14.2 Å². The minimum atomic E-state index is -4.71. The first-order chi connectivity index (χ1) is 11.3. The van der Waals surface area contributed by atoms with E-state index >= 15 is 0 Å². The molecule has 2 rings (SSSR count). The fourth-order valence-electron chi connectivity index (χ4n) is 3.03. The molecule has 132 valence electrons. The molecule has 1 aliphatic rings. The van der Waals surface area contributed by atoms with Gasteiger partial charge in [0.1, 0.15) is 11.2 Å². The number of aromatic nitrogens is 1. The molecule has 0 saturated carbocycles. The maximum absolute atomic E-state index is 13.1. The van der Waals surface area contributed by atoms with Crippen LogP contribution in [0.15, 0.2) is 18.3 Å². The third kappa shape index (κ3) is 3.08. The number of rotatable bonds is 4. The van der Waals surface area contributed by atoms with Gasteiger partial charge in [0.2, 0.25) is 5.91 Å². The molecule has 1 aromatic rings. The predicted molar refractivity (Wildman–Crippen MR) is 78.2 cm³/mol. The van der Waals surface area contributed by atoms with Crippen LogP contribution in [-0.4, -0.2) is 54.5 Å². The fourth-order valence-corrected chi connectivity index (χ4v) is 3.03. The van der Waals surface area contributed by atoms with Crippen molar-refractivity contribution in [3.8, 4) is 0 Å². The largest absolute Gasteiger partial charge is 0.418 e. The Hall–Kier alpha value is -2.16. The second kappa shape index (κ2) is 6.76. The van der Waals surface area contributed by atoms with Crippen LogP contribution in [0.2, 0.25) is 0 Å². The van der Waals surface area contributed by atoms with Gasteiger partial charge in [0.15, 0.2) is 0 Å². The van der Waals surface area contributed by atoms with Crippen molar-refractivity contribution in [2.45, 2.75) is 24.6 Å². The lowest BCUT2D eigenvalue weighted by Crippen LogP contribution is -2.59. The maximum Gasteiger partial charge on any atom is 0.418 e. The number of pyridine rings is 1. The van der Waals surface area contributed by atoms with E-state index in [4.69, 9.17) is 4.74 Å². The molecular weight excluding hydrogens is 327 g/mol. The van der Waals surface area contributed by atoms with Gasteiger partial charge >= 0.3 is 6.18 Å². The van der Waals surface area contributed by atoms with Gasteiger partial charge in [0.05, 0.1) is 12.2 Å². The molecule has 1 atom stereocenters. The zero-order chi connectivity index (χ0) is 18.0. The summed E-state index contributed by atoms with van der Waals surface area (Å²) < 4.78 is 44.5. The summed E-state index contributed by atoms with van der Waals surface area (Å²) in [6, 6.07) is 1.92. The SMILES string of the molecule is CNC(=O)C1(COC)CCCN1C(=O)c1ncccc1C(F)(F)F. The van der Waals surface area contributed by atoms with E-state index in [1.807, 2.05) is 0 Å². The Morgan fingerprint density at radius 1 is 1.46 bits per heavy atom. The van der Waals surface area contributed by atoms with Crippen molar-refractivity contribution in [3.05, 3.63) is 29.6 Å². The number of carbonyl (C=O) groups excluding carboxylic acids is 2. The number of hydrogen-bond donors (Lipinski definition) is 1. The predicted octanol–water partition coefficient (Wildman–Crippen LogP) is 1.47. The van der Waals surface area contributed by atoms with Gasteiger partial charge in [-0.3, -0.25) is 14.6 Å². The topological polar surface area (TPSA) is 71.5 Å². The molecule has 2 heterocycles. The lowest BCUT2D eigenvalue weighted by atomic mass is 9.95. The number of likely N-dealkylation sites (tertiary alicyclic amines) is 1. The Bertz CT molecular complexity index is 636. The van der Waals surface area contributed by atoms with Crippen molar-refractivity contribution in [2.75, 3.05) is 27.3 Å². The minimum absolute atomic E-state index is 0.105. The van der Waals surface area contributed by atoms with E-state index in [0.29, 0.717) is 12.8 Å². The van der Waals surface area contributed by atoms with Gasteiger partial charge in [-0.2, -0.15) is 13.2 Å². The van der Waals surface area contributed by atoms with Crippen molar-refractivity contribution in [1.82, 2.24) is 15.2 Å². The molecule has 9 heteroatoms. The van der Waals surface area contributed by atoms with Crippen LogP contribution >= 0.6 is 0 Å². The molecule has 1 aliphatic heterocycles. The monoisotopic (exact) mass is 345 g/mol. The summed E-state index contributed by atoms with van der Waals surface area (Å²) >= 11 is 0. The van der Waals surface area contributed by atoms with E-state index in [1.54, 1.807) is 0 Å². The number of amides is 2. The molecule has 1 saturated heterocycles. The smallest absolute Gasteiger partial charge is 0.382 e. The summed E-state index contributed by atoms with van der Waals surface area (Å²) in [4.78, 5) is 29.8.